The first-order chi connectivity index (χ1) is 8.31. The van der Waals surface area contributed by atoms with Gasteiger partial charge in [-0.15, -0.1) is 0 Å². The van der Waals surface area contributed by atoms with Crippen molar-refractivity contribution in [2.75, 3.05) is 20.3 Å². The van der Waals surface area contributed by atoms with Crippen LogP contribution in [0, 0.1) is 0 Å². The monoisotopic (exact) mass is 255 g/mol. The lowest BCUT2D eigenvalue weighted by Crippen LogP contribution is -2.34. The molecule has 0 radical (unpaired) electrons. The van der Waals surface area contributed by atoms with Crippen LogP contribution in [-0.2, 0) is 11.3 Å². The summed E-state index contributed by atoms with van der Waals surface area (Å²) in [5.74, 6) is 0.844. The van der Waals surface area contributed by atoms with Crippen LogP contribution in [0.5, 0.6) is 5.75 Å². The largest absolute Gasteiger partial charge is 0.496 e. The average Bonchev–Trinajstić information content (AvgIpc) is 2.38. The van der Waals surface area contributed by atoms with E-state index in [1.54, 1.807) is 7.11 Å². The molecule has 0 aromatic heterocycles. The molecule has 1 aliphatic rings. The van der Waals surface area contributed by atoms with Gasteiger partial charge < -0.3 is 14.8 Å². The highest BCUT2D eigenvalue weighted by Crippen LogP contribution is 2.26. The zero-order chi connectivity index (χ0) is 12.1. The van der Waals surface area contributed by atoms with Gasteiger partial charge in [0.05, 0.1) is 7.11 Å². The van der Waals surface area contributed by atoms with E-state index in [1.165, 1.54) is 0 Å². The molecule has 0 saturated carbocycles. The fourth-order valence-corrected chi connectivity index (χ4v) is 2.28. The maximum absolute atomic E-state index is 6.18. The number of hydrogen-bond acceptors (Lipinski definition) is 3. The highest BCUT2D eigenvalue weighted by molar-refractivity contribution is 6.31. The summed E-state index contributed by atoms with van der Waals surface area (Å²) in [6, 6.07) is 6.25. The first-order valence-electron chi connectivity index (χ1n) is 5.94. The number of rotatable bonds is 4. The minimum Gasteiger partial charge on any atom is -0.496 e. The molecular formula is C13H18ClNO2. The lowest BCUT2D eigenvalue weighted by atomic mass is 10.1. The Balaban J connectivity index is 1.97. The SMILES string of the molecule is COc1cccc(Cl)c1CNC1CCOCC1. The molecule has 0 aliphatic carbocycles. The van der Waals surface area contributed by atoms with Gasteiger partial charge in [-0.25, -0.2) is 0 Å². The van der Waals surface area contributed by atoms with E-state index in [9.17, 15) is 0 Å². The van der Waals surface area contributed by atoms with Crippen molar-refractivity contribution in [2.24, 2.45) is 0 Å². The number of halogens is 1. The molecule has 0 spiro atoms. The van der Waals surface area contributed by atoms with Gasteiger partial charge in [-0.2, -0.15) is 0 Å². The average molecular weight is 256 g/mol. The van der Waals surface area contributed by atoms with E-state index in [2.05, 4.69) is 5.32 Å². The van der Waals surface area contributed by atoms with Gasteiger partial charge in [0.15, 0.2) is 0 Å². The van der Waals surface area contributed by atoms with Crippen molar-refractivity contribution in [2.45, 2.75) is 25.4 Å². The van der Waals surface area contributed by atoms with Crippen LogP contribution < -0.4 is 10.1 Å². The van der Waals surface area contributed by atoms with Gasteiger partial charge in [-0.05, 0) is 25.0 Å². The predicted octanol–water partition coefficient (Wildman–Crippen LogP) is 2.62. The van der Waals surface area contributed by atoms with Crippen molar-refractivity contribution in [3.8, 4) is 5.75 Å². The van der Waals surface area contributed by atoms with E-state index in [0.717, 1.165) is 48.9 Å². The van der Waals surface area contributed by atoms with Crippen LogP contribution in [0.1, 0.15) is 18.4 Å². The quantitative estimate of drug-likeness (QED) is 0.897. The normalized spacial score (nSPS) is 17.1. The molecule has 1 fully saturated rings. The van der Waals surface area contributed by atoms with Crippen molar-refractivity contribution in [3.05, 3.63) is 28.8 Å². The summed E-state index contributed by atoms with van der Waals surface area (Å²) < 4.78 is 10.6. The standard InChI is InChI=1S/C13H18ClNO2/c1-16-13-4-2-3-12(14)11(13)9-15-10-5-7-17-8-6-10/h2-4,10,15H,5-9H2,1H3. The number of benzene rings is 1. The topological polar surface area (TPSA) is 30.5 Å². The summed E-state index contributed by atoms with van der Waals surface area (Å²) >= 11 is 6.18. The number of methoxy groups -OCH3 is 1. The molecule has 1 saturated heterocycles. The molecule has 0 bridgehead atoms. The maximum atomic E-state index is 6.18. The minimum absolute atomic E-state index is 0.518. The van der Waals surface area contributed by atoms with Crippen LogP contribution >= 0.6 is 11.6 Å². The molecule has 94 valence electrons. The highest BCUT2D eigenvalue weighted by atomic mass is 35.5. The summed E-state index contributed by atoms with van der Waals surface area (Å²) in [4.78, 5) is 0. The third-order valence-corrected chi connectivity index (χ3v) is 3.44. The summed E-state index contributed by atoms with van der Waals surface area (Å²) in [5, 5.41) is 4.26. The molecule has 3 nitrogen and oxygen atoms in total. The Labute approximate surface area is 107 Å². The second kappa shape index (κ2) is 6.24. The molecule has 1 N–H and O–H groups in total. The van der Waals surface area contributed by atoms with E-state index < -0.39 is 0 Å². The molecule has 1 aromatic rings. The van der Waals surface area contributed by atoms with Crippen molar-refractivity contribution < 1.29 is 9.47 Å². The number of ether oxygens (including phenoxy) is 2. The van der Waals surface area contributed by atoms with E-state index in [4.69, 9.17) is 21.1 Å². The zero-order valence-electron chi connectivity index (χ0n) is 10.0. The molecule has 1 aliphatic heterocycles. The van der Waals surface area contributed by atoms with Gasteiger partial charge in [0, 0.05) is 36.4 Å². The summed E-state index contributed by atoms with van der Waals surface area (Å²) in [5.41, 5.74) is 1.03. The smallest absolute Gasteiger partial charge is 0.124 e. The van der Waals surface area contributed by atoms with Crippen LogP contribution in [0.25, 0.3) is 0 Å². The summed E-state index contributed by atoms with van der Waals surface area (Å²) in [6.45, 7) is 2.43. The van der Waals surface area contributed by atoms with Crippen LogP contribution in [0.3, 0.4) is 0 Å². The Kier molecular flexibility index (Phi) is 4.66. The fourth-order valence-electron chi connectivity index (χ4n) is 2.05. The number of nitrogens with one attached hydrogen (secondary N) is 1. The van der Waals surface area contributed by atoms with Gasteiger partial charge in [-0.3, -0.25) is 0 Å². The zero-order valence-corrected chi connectivity index (χ0v) is 10.8. The number of hydrogen-bond donors (Lipinski definition) is 1. The minimum atomic E-state index is 0.518. The third-order valence-electron chi connectivity index (χ3n) is 3.08. The van der Waals surface area contributed by atoms with Crippen molar-refractivity contribution in [1.29, 1.82) is 0 Å². The van der Waals surface area contributed by atoms with E-state index >= 15 is 0 Å². The molecule has 17 heavy (non-hydrogen) atoms. The molecule has 0 amide bonds. The second-order valence-electron chi connectivity index (χ2n) is 4.19. The van der Waals surface area contributed by atoms with Crippen LogP contribution in [-0.4, -0.2) is 26.4 Å². The third kappa shape index (κ3) is 3.35. The Hall–Kier alpha value is -0.770. The second-order valence-corrected chi connectivity index (χ2v) is 4.60. The van der Waals surface area contributed by atoms with E-state index in [1.807, 2.05) is 18.2 Å². The van der Waals surface area contributed by atoms with Crippen LogP contribution in [0.15, 0.2) is 18.2 Å². The molecular weight excluding hydrogens is 238 g/mol. The Morgan fingerprint density at radius 1 is 1.41 bits per heavy atom. The Morgan fingerprint density at radius 3 is 2.88 bits per heavy atom. The van der Waals surface area contributed by atoms with Gasteiger partial charge in [0.1, 0.15) is 5.75 Å². The Morgan fingerprint density at radius 2 is 2.18 bits per heavy atom. The first kappa shape index (κ1) is 12.7. The molecule has 1 heterocycles. The van der Waals surface area contributed by atoms with Crippen molar-refractivity contribution in [1.82, 2.24) is 5.32 Å². The molecule has 4 heteroatoms. The maximum Gasteiger partial charge on any atom is 0.124 e. The van der Waals surface area contributed by atoms with E-state index in [-0.39, 0.29) is 0 Å². The van der Waals surface area contributed by atoms with Gasteiger partial charge in [-0.1, -0.05) is 17.7 Å². The van der Waals surface area contributed by atoms with Crippen LogP contribution in [0.2, 0.25) is 5.02 Å². The molecule has 0 atom stereocenters. The first-order valence-corrected chi connectivity index (χ1v) is 6.31. The van der Waals surface area contributed by atoms with Gasteiger partial charge >= 0.3 is 0 Å². The summed E-state index contributed by atoms with van der Waals surface area (Å²) in [7, 11) is 1.67. The van der Waals surface area contributed by atoms with E-state index in [0.29, 0.717) is 6.04 Å². The lowest BCUT2D eigenvalue weighted by Gasteiger charge is -2.23. The van der Waals surface area contributed by atoms with Crippen molar-refractivity contribution in [3.63, 3.8) is 0 Å². The molecule has 1 aromatic carbocycles. The summed E-state index contributed by atoms with van der Waals surface area (Å²) in [6.07, 6.45) is 2.12. The highest BCUT2D eigenvalue weighted by Gasteiger charge is 2.14. The lowest BCUT2D eigenvalue weighted by molar-refractivity contribution is 0.0775. The van der Waals surface area contributed by atoms with Gasteiger partial charge in [0.2, 0.25) is 0 Å². The molecule has 2 rings (SSSR count). The Bertz CT molecular complexity index is 364. The fraction of sp³-hybridized carbons (Fsp3) is 0.538. The molecule has 0 unspecified atom stereocenters. The van der Waals surface area contributed by atoms with Crippen LogP contribution in [0.4, 0.5) is 0 Å². The van der Waals surface area contributed by atoms with Crippen molar-refractivity contribution >= 4 is 11.6 Å². The predicted molar refractivity (Wildman–Crippen MR) is 68.7 cm³/mol. The van der Waals surface area contributed by atoms with Gasteiger partial charge in [0.25, 0.3) is 0 Å².